The van der Waals surface area contributed by atoms with Gasteiger partial charge in [0.2, 0.25) is 0 Å². The molecule has 20 heavy (non-hydrogen) atoms. The van der Waals surface area contributed by atoms with Crippen LogP contribution in [0.25, 0.3) is 6.08 Å². The van der Waals surface area contributed by atoms with E-state index in [9.17, 15) is 0 Å². The van der Waals surface area contributed by atoms with Gasteiger partial charge in [0.1, 0.15) is 12.4 Å². The molecule has 0 aliphatic heterocycles. The van der Waals surface area contributed by atoms with E-state index in [1.807, 2.05) is 48.5 Å². The molecule has 0 aliphatic carbocycles. The summed E-state index contributed by atoms with van der Waals surface area (Å²) in [5.41, 5.74) is 8.31. The monoisotopic (exact) mass is 267 g/mol. The van der Waals surface area contributed by atoms with Gasteiger partial charge < -0.3 is 10.5 Å². The fourth-order valence-electron chi connectivity index (χ4n) is 1.94. The Morgan fingerprint density at radius 3 is 2.40 bits per heavy atom. The van der Waals surface area contributed by atoms with Gasteiger partial charge in [0.15, 0.2) is 0 Å². The molecule has 2 nitrogen and oxygen atoms in total. The van der Waals surface area contributed by atoms with Crippen molar-refractivity contribution < 1.29 is 4.74 Å². The standard InChI is InChI=1S/C18H21NO/c1-2-18(19)16-10-12-17(13-11-16)20-14-6-9-15-7-4-3-5-8-15/h3-13,18H,2,14,19H2,1H3/t18-/m0/s1. The highest BCUT2D eigenvalue weighted by Gasteiger charge is 2.02. The van der Waals surface area contributed by atoms with E-state index in [1.165, 1.54) is 5.56 Å². The van der Waals surface area contributed by atoms with Gasteiger partial charge in [-0.05, 0) is 35.8 Å². The lowest BCUT2D eigenvalue weighted by Crippen LogP contribution is -2.08. The van der Waals surface area contributed by atoms with Crippen LogP contribution in [0.1, 0.15) is 30.5 Å². The highest BCUT2D eigenvalue weighted by atomic mass is 16.5. The van der Waals surface area contributed by atoms with Crippen molar-refractivity contribution in [2.45, 2.75) is 19.4 Å². The SMILES string of the molecule is CC[C@H](N)c1ccc(OCC=Cc2ccccc2)cc1. The topological polar surface area (TPSA) is 35.2 Å². The Hall–Kier alpha value is -2.06. The maximum atomic E-state index is 5.98. The normalized spacial score (nSPS) is 12.5. The van der Waals surface area contributed by atoms with Gasteiger partial charge in [0.25, 0.3) is 0 Å². The molecule has 2 aromatic rings. The number of ether oxygens (including phenoxy) is 1. The number of benzene rings is 2. The van der Waals surface area contributed by atoms with Gasteiger partial charge in [-0.1, -0.05) is 55.5 Å². The summed E-state index contributed by atoms with van der Waals surface area (Å²) in [6, 6.07) is 18.3. The molecule has 0 amide bonds. The number of hydrogen-bond donors (Lipinski definition) is 1. The average Bonchev–Trinajstić information content (AvgIpc) is 2.52. The average molecular weight is 267 g/mol. The molecule has 104 valence electrons. The van der Waals surface area contributed by atoms with Gasteiger partial charge in [-0.2, -0.15) is 0 Å². The third-order valence-corrected chi connectivity index (χ3v) is 3.20. The van der Waals surface area contributed by atoms with Crippen molar-refractivity contribution in [2.75, 3.05) is 6.61 Å². The molecule has 0 radical (unpaired) electrons. The van der Waals surface area contributed by atoms with Crippen molar-refractivity contribution >= 4 is 6.08 Å². The van der Waals surface area contributed by atoms with Gasteiger partial charge in [-0.3, -0.25) is 0 Å². The lowest BCUT2D eigenvalue weighted by molar-refractivity contribution is 0.363. The van der Waals surface area contributed by atoms with Gasteiger partial charge >= 0.3 is 0 Å². The molecule has 2 aromatic carbocycles. The Morgan fingerprint density at radius 1 is 1.05 bits per heavy atom. The van der Waals surface area contributed by atoms with Gasteiger partial charge in [0.05, 0.1) is 0 Å². The molecule has 0 spiro atoms. The molecular weight excluding hydrogens is 246 g/mol. The summed E-state index contributed by atoms with van der Waals surface area (Å²) in [5.74, 6) is 0.870. The zero-order valence-electron chi connectivity index (χ0n) is 11.8. The van der Waals surface area contributed by atoms with Crippen LogP contribution in [0.5, 0.6) is 5.75 Å². The predicted octanol–water partition coefficient (Wildman–Crippen LogP) is 4.19. The molecule has 0 heterocycles. The molecule has 0 bridgehead atoms. The quantitative estimate of drug-likeness (QED) is 0.851. The molecular formula is C18H21NO. The van der Waals surface area contributed by atoms with E-state index in [-0.39, 0.29) is 6.04 Å². The van der Waals surface area contributed by atoms with E-state index in [1.54, 1.807) is 0 Å². The number of rotatable bonds is 6. The van der Waals surface area contributed by atoms with Crippen LogP contribution in [0.15, 0.2) is 60.7 Å². The highest BCUT2D eigenvalue weighted by molar-refractivity contribution is 5.48. The van der Waals surface area contributed by atoms with E-state index in [4.69, 9.17) is 10.5 Å². The fraction of sp³-hybridized carbons (Fsp3) is 0.222. The van der Waals surface area contributed by atoms with Crippen LogP contribution in [0.4, 0.5) is 0 Å². The third kappa shape index (κ3) is 4.25. The van der Waals surface area contributed by atoms with Crippen molar-refractivity contribution in [1.82, 2.24) is 0 Å². The molecule has 1 atom stereocenters. The van der Waals surface area contributed by atoms with Crippen LogP contribution in [-0.2, 0) is 0 Å². The molecule has 0 aliphatic rings. The van der Waals surface area contributed by atoms with Crippen molar-refractivity contribution in [3.8, 4) is 5.75 Å². The molecule has 0 aromatic heterocycles. The van der Waals surface area contributed by atoms with Crippen molar-refractivity contribution in [1.29, 1.82) is 0 Å². The van der Waals surface area contributed by atoms with E-state index in [0.717, 1.165) is 17.7 Å². The molecule has 0 saturated heterocycles. The minimum Gasteiger partial charge on any atom is -0.490 e. The molecule has 2 rings (SSSR count). The van der Waals surface area contributed by atoms with Crippen LogP contribution in [0.3, 0.4) is 0 Å². The maximum Gasteiger partial charge on any atom is 0.119 e. The van der Waals surface area contributed by atoms with Crippen molar-refractivity contribution in [3.05, 3.63) is 71.8 Å². The van der Waals surface area contributed by atoms with E-state index in [2.05, 4.69) is 25.1 Å². The lowest BCUT2D eigenvalue weighted by atomic mass is 10.1. The summed E-state index contributed by atoms with van der Waals surface area (Å²) < 4.78 is 5.67. The largest absolute Gasteiger partial charge is 0.490 e. The third-order valence-electron chi connectivity index (χ3n) is 3.20. The van der Waals surface area contributed by atoms with E-state index < -0.39 is 0 Å². The summed E-state index contributed by atoms with van der Waals surface area (Å²) in [5, 5.41) is 0. The van der Waals surface area contributed by atoms with Crippen LogP contribution in [0, 0.1) is 0 Å². The maximum absolute atomic E-state index is 5.98. The second-order valence-corrected chi connectivity index (χ2v) is 4.71. The number of hydrogen-bond acceptors (Lipinski definition) is 2. The first-order valence-corrected chi connectivity index (χ1v) is 6.99. The lowest BCUT2D eigenvalue weighted by Gasteiger charge is -2.10. The minimum absolute atomic E-state index is 0.113. The fourth-order valence-corrected chi connectivity index (χ4v) is 1.94. The molecule has 2 heteroatoms. The Kier molecular flexibility index (Phi) is 5.39. The summed E-state index contributed by atoms with van der Waals surface area (Å²) in [4.78, 5) is 0. The van der Waals surface area contributed by atoms with Gasteiger partial charge in [-0.25, -0.2) is 0 Å². The van der Waals surface area contributed by atoms with Gasteiger partial charge in [0, 0.05) is 6.04 Å². The molecule has 0 saturated carbocycles. The predicted molar refractivity (Wildman–Crippen MR) is 84.6 cm³/mol. The minimum atomic E-state index is 0.113. The second kappa shape index (κ2) is 7.51. The second-order valence-electron chi connectivity index (χ2n) is 4.71. The Morgan fingerprint density at radius 2 is 1.75 bits per heavy atom. The van der Waals surface area contributed by atoms with Crippen LogP contribution < -0.4 is 10.5 Å². The first-order valence-electron chi connectivity index (χ1n) is 6.99. The summed E-state index contributed by atoms with van der Waals surface area (Å²) in [7, 11) is 0. The summed E-state index contributed by atoms with van der Waals surface area (Å²) in [6.45, 7) is 2.65. The summed E-state index contributed by atoms with van der Waals surface area (Å²) in [6.07, 6.45) is 5.02. The van der Waals surface area contributed by atoms with Crippen molar-refractivity contribution in [3.63, 3.8) is 0 Å². The van der Waals surface area contributed by atoms with Crippen molar-refractivity contribution in [2.24, 2.45) is 5.73 Å². The van der Waals surface area contributed by atoms with Crippen LogP contribution >= 0.6 is 0 Å². The molecule has 0 unspecified atom stereocenters. The first kappa shape index (κ1) is 14.4. The summed E-state index contributed by atoms with van der Waals surface area (Å²) >= 11 is 0. The Balaban J connectivity index is 1.84. The van der Waals surface area contributed by atoms with E-state index >= 15 is 0 Å². The van der Waals surface area contributed by atoms with E-state index in [0.29, 0.717) is 6.61 Å². The smallest absolute Gasteiger partial charge is 0.119 e. The number of nitrogens with two attached hydrogens (primary N) is 1. The Bertz CT molecular complexity index is 531. The van der Waals surface area contributed by atoms with Crippen LogP contribution in [0.2, 0.25) is 0 Å². The van der Waals surface area contributed by atoms with Crippen LogP contribution in [-0.4, -0.2) is 6.61 Å². The molecule has 2 N–H and O–H groups in total. The first-order chi connectivity index (χ1) is 9.79. The zero-order chi connectivity index (χ0) is 14.2. The van der Waals surface area contributed by atoms with Gasteiger partial charge in [-0.15, -0.1) is 0 Å². The zero-order valence-corrected chi connectivity index (χ0v) is 11.8. The Labute approximate surface area is 120 Å². The molecule has 0 fully saturated rings. The highest BCUT2D eigenvalue weighted by Crippen LogP contribution is 2.18.